The quantitative estimate of drug-likeness (QED) is 0.436. The predicted molar refractivity (Wildman–Crippen MR) is 117 cm³/mol. The minimum atomic E-state index is -0.348. The number of nitrogens with one attached hydrogen (secondary N) is 2. The minimum absolute atomic E-state index is 0.174. The highest BCUT2D eigenvalue weighted by atomic mass is 127. The molecule has 0 saturated heterocycles. The van der Waals surface area contributed by atoms with Crippen molar-refractivity contribution in [3.05, 3.63) is 105 Å². The van der Waals surface area contributed by atoms with Gasteiger partial charge < -0.3 is 0 Å². The van der Waals surface area contributed by atoms with Crippen LogP contribution in [0.15, 0.2) is 84.9 Å². The summed E-state index contributed by atoms with van der Waals surface area (Å²) >= 11 is 2.15. The maximum absolute atomic E-state index is 12.8. The molecule has 4 rings (SSSR count). The lowest BCUT2D eigenvalue weighted by Gasteiger charge is -2.19. The number of hydrogen-bond acceptors (Lipinski definition) is 2. The Morgan fingerprint density at radius 2 is 1.43 bits per heavy atom. The maximum atomic E-state index is 12.8. The molecule has 3 aromatic carbocycles. The average Bonchev–Trinajstić information content (AvgIpc) is 3.50. The van der Waals surface area contributed by atoms with Crippen molar-refractivity contribution in [2.45, 2.75) is 11.8 Å². The van der Waals surface area contributed by atoms with Crippen LogP contribution in [-0.4, -0.2) is 11.8 Å². The van der Waals surface area contributed by atoms with Crippen LogP contribution in [0.4, 0.5) is 0 Å². The predicted octanol–water partition coefficient (Wildman–Crippen LogP) is 4.06. The molecule has 1 saturated carbocycles. The van der Waals surface area contributed by atoms with Crippen molar-refractivity contribution in [3.8, 4) is 0 Å². The summed E-state index contributed by atoms with van der Waals surface area (Å²) in [5.41, 5.74) is 7.56. The van der Waals surface area contributed by atoms with Gasteiger partial charge in [-0.05, 0) is 58.3 Å². The first-order valence-electron chi connectivity index (χ1n) is 9.08. The van der Waals surface area contributed by atoms with E-state index in [2.05, 4.69) is 57.7 Å². The molecule has 0 heterocycles. The van der Waals surface area contributed by atoms with Crippen LogP contribution in [0.25, 0.3) is 0 Å². The Hall–Kier alpha value is -2.67. The standard InChI is InChI=1S/C23H19IN2O2/c24-19-13-7-8-16(14-19)21(27)25-26-22(28)20-15-23(20,17-9-3-1-4-10-17)18-11-5-2-6-12-18/h1-14,20H,15H2,(H,25,27)(H,26,28). The van der Waals surface area contributed by atoms with E-state index < -0.39 is 0 Å². The number of amides is 2. The first kappa shape index (κ1) is 18.7. The van der Waals surface area contributed by atoms with Gasteiger partial charge in [0.1, 0.15) is 0 Å². The van der Waals surface area contributed by atoms with Crippen molar-refractivity contribution in [2.75, 3.05) is 0 Å². The molecule has 1 aliphatic carbocycles. The molecule has 3 aromatic rings. The van der Waals surface area contributed by atoms with Gasteiger partial charge >= 0.3 is 0 Å². The lowest BCUT2D eigenvalue weighted by molar-refractivity contribution is -0.123. The summed E-state index contributed by atoms with van der Waals surface area (Å²) in [6.07, 6.45) is 0.714. The lowest BCUT2D eigenvalue weighted by Crippen LogP contribution is -2.43. The second kappa shape index (κ2) is 7.75. The molecular formula is C23H19IN2O2. The zero-order valence-electron chi connectivity index (χ0n) is 15.1. The van der Waals surface area contributed by atoms with E-state index >= 15 is 0 Å². The summed E-state index contributed by atoms with van der Waals surface area (Å²) in [6.45, 7) is 0. The van der Waals surface area contributed by atoms with Crippen LogP contribution in [0.3, 0.4) is 0 Å². The summed E-state index contributed by atoms with van der Waals surface area (Å²) < 4.78 is 0.964. The smallest absolute Gasteiger partial charge is 0.269 e. The lowest BCUT2D eigenvalue weighted by atomic mass is 9.85. The van der Waals surface area contributed by atoms with Crippen molar-refractivity contribution in [1.29, 1.82) is 0 Å². The fourth-order valence-corrected chi connectivity index (χ4v) is 4.31. The van der Waals surface area contributed by atoms with E-state index in [0.717, 1.165) is 14.7 Å². The third-order valence-corrected chi connectivity index (χ3v) is 5.91. The number of carbonyl (C=O) groups is 2. The minimum Gasteiger partial charge on any atom is -0.273 e. The first-order chi connectivity index (χ1) is 13.6. The molecule has 1 fully saturated rings. The van der Waals surface area contributed by atoms with Gasteiger partial charge in [0.15, 0.2) is 0 Å². The first-order valence-corrected chi connectivity index (χ1v) is 10.2. The summed E-state index contributed by atoms with van der Waals surface area (Å²) in [6, 6.07) is 27.4. The van der Waals surface area contributed by atoms with E-state index in [4.69, 9.17) is 0 Å². The number of rotatable bonds is 4. The van der Waals surface area contributed by atoms with E-state index in [1.54, 1.807) is 12.1 Å². The van der Waals surface area contributed by atoms with Gasteiger partial charge in [-0.3, -0.25) is 20.4 Å². The summed E-state index contributed by atoms with van der Waals surface area (Å²) in [5.74, 6) is -0.724. The topological polar surface area (TPSA) is 58.2 Å². The van der Waals surface area contributed by atoms with E-state index in [1.807, 2.05) is 48.5 Å². The molecule has 1 unspecified atom stereocenters. The fourth-order valence-electron chi connectivity index (χ4n) is 3.76. The summed E-state index contributed by atoms with van der Waals surface area (Å²) in [7, 11) is 0. The Bertz CT molecular complexity index is 966. The Kier molecular flexibility index (Phi) is 5.17. The van der Waals surface area contributed by atoms with Crippen LogP contribution in [0.1, 0.15) is 27.9 Å². The average molecular weight is 482 g/mol. The van der Waals surface area contributed by atoms with Crippen molar-refractivity contribution < 1.29 is 9.59 Å². The van der Waals surface area contributed by atoms with Crippen LogP contribution in [0.2, 0.25) is 0 Å². The third kappa shape index (κ3) is 3.54. The van der Waals surface area contributed by atoms with E-state index in [1.165, 1.54) is 0 Å². The number of benzene rings is 3. The number of carbonyl (C=O) groups excluding carboxylic acids is 2. The Labute approximate surface area is 177 Å². The van der Waals surface area contributed by atoms with Crippen molar-refractivity contribution in [2.24, 2.45) is 5.92 Å². The molecule has 0 bridgehead atoms. The van der Waals surface area contributed by atoms with Gasteiger partial charge in [0.2, 0.25) is 5.91 Å². The van der Waals surface area contributed by atoms with Crippen LogP contribution in [-0.2, 0) is 10.2 Å². The molecule has 0 aromatic heterocycles. The van der Waals surface area contributed by atoms with Gasteiger partial charge in [0.05, 0.1) is 5.92 Å². The largest absolute Gasteiger partial charge is 0.273 e. The van der Waals surface area contributed by atoms with E-state index in [9.17, 15) is 9.59 Å². The van der Waals surface area contributed by atoms with Crippen LogP contribution >= 0.6 is 22.6 Å². The van der Waals surface area contributed by atoms with Gasteiger partial charge in [-0.1, -0.05) is 66.7 Å². The van der Waals surface area contributed by atoms with Gasteiger partial charge in [-0.2, -0.15) is 0 Å². The molecule has 2 amide bonds. The zero-order chi connectivity index (χ0) is 19.6. The maximum Gasteiger partial charge on any atom is 0.269 e. The molecule has 1 atom stereocenters. The van der Waals surface area contributed by atoms with Crippen molar-refractivity contribution >= 4 is 34.4 Å². The normalized spacial score (nSPS) is 16.8. The molecule has 4 nitrogen and oxygen atoms in total. The second-order valence-corrected chi connectivity index (χ2v) is 8.16. The Morgan fingerprint density at radius 3 is 2.00 bits per heavy atom. The molecule has 1 aliphatic rings. The zero-order valence-corrected chi connectivity index (χ0v) is 17.2. The molecule has 0 radical (unpaired) electrons. The molecule has 2 N–H and O–H groups in total. The fraction of sp³-hybridized carbons (Fsp3) is 0.130. The number of hydrazine groups is 1. The number of hydrogen-bond donors (Lipinski definition) is 2. The van der Waals surface area contributed by atoms with Gasteiger partial charge in [-0.25, -0.2) is 0 Å². The molecule has 140 valence electrons. The molecule has 0 spiro atoms. The van der Waals surface area contributed by atoms with Crippen LogP contribution in [0.5, 0.6) is 0 Å². The molecule has 0 aliphatic heterocycles. The van der Waals surface area contributed by atoms with Crippen molar-refractivity contribution in [3.63, 3.8) is 0 Å². The molecule has 28 heavy (non-hydrogen) atoms. The second-order valence-electron chi connectivity index (χ2n) is 6.91. The van der Waals surface area contributed by atoms with Gasteiger partial charge in [0, 0.05) is 14.5 Å². The highest BCUT2D eigenvalue weighted by molar-refractivity contribution is 14.1. The molecular weight excluding hydrogens is 463 g/mol. The Balaban J connectivity index is 1.51. The Morgan fingerprint density at radius 1 is 0.821 bits per heavy atom. The van der Waals surface area contributed by atoms with Crippen LogP contribution in [0, 0.1) is 9.49 Å². The SMILES string of the molecule is O=C(NNC(=O)C1CC1(c1ccccc1)c1ccccc1)c1cccc(I)c1. The van der Waals surface area contributed by atoms with E-state index in [-0.39, 0.29) is 23.1 Å². The van der Waals surface area contributed by atoms with E-state index in [0.29, 0.717) is 12.0 Å². The van der Waals surface area contributed by atoms with Gasteiger partial charge in [-0.15, -0.1) is 0 Å². The summed E-state index contributed by atoms with van der Waals surface area (Å²) in [5, 5.41) is 0. The van der Waals surface area contributed by atoms with Crippen LogP contribution < -0.4 is 10.9 Å². The monoisotopic (exact) mass is 482 g/mol. The summed E-state index contributed by atoms with van der Waals surface area (Å²) in [4.78, 5) is 25.2. The highest BCUT2D eigenvalue weighted by Gasteiger charge is 2.60. The third-order valence-electron chi connectivity index (χ3n) is 5.24. The number of halogens is 1. The van der Waals surface area contributed by atoms with Gasteiger partial charge in [0.25, 0.3) is 5.91 Å². The molecule has 5 heteroatoms. The van der Waals surface area contributed by atoms with Crippen molar-refractivity contribution in [1.82, 2.24) is 10.9 Å². The highest BCUT2D eigenvalue weighted by Crippen LogP contribution is 2.58.